The Bertz CT molecular complexity index is 997. The highest BCUT2D eigenvalue weighted by Crippen LogP contribution is 2.15. The summed E-state index contributed by atoms with van der Waals surface area (Å²) in [6.07, 6.45) is 0. The summed E-state index contributed by atoms with van der Waals surface area (Å²) in [4.78, 5) is 35.1. The molecular weight excluding hydrogens is 326 g/mol. The Kier molecular flexibility index (Phi) is 4.38. The minimum Gasteiger partial charge on any atom is -0.465 e. The first-order chi connectivity index (χ1) is 12.1. The van der Waals surface area contributed by atoms with Gasteiger partial charge in [-0.2, -0.15) is 0 Å². The lowest BCUT2D eigenvalue weighted by Crippen LogP contribution is -2.20. The number of aromatic amines is 1. The number of rotatable bonds is 3. The highest BCUT2D eigenvalue weighted by Gasteiger charge is 2.08. The molecule has 0 aliphatic carbocycles. The van der Waals surface area contributed by atoms with E-state index in [0.717, 1.165) is 0 Å². The third kappa shape index (κ3) is 3.61. The Morgan fingerprint density at radius 1 is 1.04 bits per heavy atom. The molecule has 2 aromatic carbocycles. The van der Waals surface area contributed by atoms with Gasteiger partial charge >= 0.3 is 12.0 Å². The number of aromatic nitrogens is 3. The van der Waals surface area contributed by atoms with E-state index in [-0.39, 0.29) is 0 Å². The molecule has 9 nitrogen and oxygen atoms in total. The second-order valence-corrected chi connectivity index (χ2v) is 5.02. The van der Waals surface area contributed by atoms with Crippen molar-refractivity contribution in [2.24, 2.45) is 0 Å². The molecule has 0 radical (unpaired) electrons. The van der Waals surface area contributed by atoms with Gasteiger partial charge in [0.2, 0.25) is 0 Å². The highest BCUT2D eigenvalue weighted by atomic mass is 16.5. The molecule has 0 aliphatic heterocycles. The molecule has 2 amide bonds. The Morgan fingerprint density at radius 2 is 1.72 bits per heavy atom. The van der Waals surface area contributed by atoms with Gasteiger partial charge in [0.05, 0.1) is 18.1 Å². The van der Waals surface area contributed by atoms with Crippen LogP contribution in [0.4, 0.5) is 16.2 Å². The van der Waals surface area contributed by atoms with Gasteiger partial charge in [-0.1, -0.05) is 5.21 Å². The van der Waals surface area contributed by atoms with Crippen LogP contribution in [0.3, 0.4) is 0 Å². The van der Waals surface area contributed by atoms with Gasteiger partial charge in [0.1, 0.15) is 5.52 Å². The first kappa shape index (κ1) is 16.1. The maximum Gasteiger partial charge on any atom is 0.337 e. The molecule has 0 saturated carbocycles. The largest absolute Gasteiger partial charge is 0.465 e. The topological polar surface area (TPSA) is 126 Å². The van der Waals surface area contributed by atoms with Crippen LogP contribution in [-0.4, -0.2) is 34.5 Å². The van der Waals surface area contributed by atoms with Crippen molar-refractivity contribution in [1.82, 2.24) is 15.4 Å². The van der Waals surface area contributed by atoms with Crippen LogP contribution in [0.1, 0.15) is 10.4 Å². The number of nitrogens with zero attached hydrogens (tertiary/aromatic N) is 2. The number of amides is 2. The summed E-state index contributed by atoms with van der Waals surface area (Å²) in [5.74, 6) is -0.458. The van der Waals surface area contributed by atoms with E-state index in [0.29, 0.717) is 27.8 Å². The molecule has 9 heteroatoms. The van der Waals surface area contributed by atoms with Crippen molar-refractivity contribution in [3.63, 3.8) is 0 Å². The van der Waals surface area contributed by atoms with Crippen LogP contribution < -0.4 is 16.2 Å². The van der Waals surface area contributed by atoms with Crippen LogP contribution >= 0.6 is 0 Å². The Morgan fingerprint density at radius 3 is 2.44 bits per heavy atom. The maximum absolute atomic E-state index is 12.1. The van der Waals surface area contributed by atoms with Crippen LogP contribution in [-0.2, 0) is 4.74 Å². The first-order valence-corrected chi connectivity index (χ1v) is 7.18. The quantitative estimate of drug-likeness (QED) is 0.624. The van der Waals surface area contributed by atoms with Crippen molar-refractivity contribution < 1.29 is 14.3 Å². The first-order valence-electron chi connectivity index (χ1n) is 7.18. The van der Waals surface area contributed by atoms with Crippen LogP contribution in [0.15, 0.2) is 47.3 Å². The van der Waals surface area contributed by atoms with Crippen LogP contribution in [0.5, 0.6) is 0 Å². The number of fused-ring (bicyclic) bond motifs is 1. The van der Waals surface area contributed by atoms with E-state index in [4.69, 9.17) is 0 Å². The van der Waals surface area contributed by atoms with Crippen LogP contribution in [0.2, 0.25) is 0 Å². The highest BCUT2D eigenvalue weighted by molar-refractivity contribution is 6.01. The lowest BCUT2D eigenvalue weighted by atomic mass is 10.2. The minimum atomic E-state index is -0.497. The molecule has 0 fully saturated rings. The number of urea groups is 1. The van der Waals surface area contributed by atoms with E-state index >= 15 is 0 Å². The number of anilines is 2. The van der Waals surface area contributed by atoms with Gasteiger partial charge in [-0.3, -0.25) is 4.79 Å². The summed E-state index contributed by atoms with van der Waals surface area (Å²) in [7, 11) is 1.29. The second-order valence-electron chi connectivity index (χ2n) is 5.02. The second kappa shape index (κ2) is 6.79. The molecule has 3 rings (SSSR count). The monoisotopic (exact) mass is 339 g/mol. The Balaban J connectivity index is 1.71. The van der Waals surface area contributed by atoms with E-state index in [1.807, 2.05) is 0 Å². The van der Waals surface area contributed by atoms with Crippen molar-refractivity contribution in [2.75, 3.05) is 17.7 Å². The van der Waals surface area contributed by atoms with Gasteiger partial charge in [-0.15, -0.1) is 5.10 Å². The fourth-order valence-corrected chi connectivity index (χ4v) is 2.17. The van der Waals surface area contributed by atoms with Gasteiger partial charge in [-0.05, 0) is 42.5 Å². The number of hydrogen-bond donors (Lipinski definition) is 3. The molecule has 0 saturated heterocycles. The van der Waals surface area contributed by atoms with Crippen LogP contribution in [0, 0.1) is 0 Å². The SMILES string of the molecule is COC(=O)c1ccc(NC(=O)Nc2ccc3nn[nH]c(=O)c3c2)cc1. The number of hydrogen-bond acceptors (Lipinski definition) is 6. The molecule has 1 heterocycles. The van der Waals surface area contributed by atoms with Gasteiger partial charge < -0.3 is 15.4 Å². The number of H-pyrrole nitrogens is 1. The summed E-state index contributed by atoms with van der Waals surface area (Å²) in [6, 6.07) is 10.4. The molecule has 0 bridgehead atoms. The number of esters is 1. The molecule has 25 heavy (non-hydrogen) atoms. The van der Waals surface area contributed by atoms with E-state index in [9.17, 15) is 14.4 Å². The molecule has 0 atom stereocenters. The number of carbonyl (C=O) groups excluding carboxylic acids is 2. The zero-order chi connectivity index (χ0) is 17.8. The number of carbonyl (C=O) groups is 2. The van der Waals surface area contributed by atoms with E-state index < -0.39 is 17.6 Å². The third-order valence-corrected chi connectivity index (χ3v) is 3.37. The molecule has 1 aromatic heterocycles. The fourth-order valence-electron chi connectivity index (χ4n) is 2.17. The summed E-state index contributed by atoms with van der Waals surface area (Å²) in [5, 5.41) is 15.0. The summed E-state index contributed by atoms with van der Waals surface area (Å²) < 4.78 is 4.60. The smallest absolute Gasteiger partial charge is 0.337 e. The summed E-state index contributed by atoms with van der Waals surface area (Å²) in [5.41, 5.74) is 1.33. The van der Waals surface area contributed by atoms with Crippen molar-refractivity contribution in [3.8, 4) is 0 Å². The normalized spacial score (nSPS) is 10.3. The molecule has 126 valence electrons. The number of methoxy groups -OCH3 is 1. The van der Waals surface area contributed by atoms with Crippen LogP contribution in [0.25, 0.3) is 10.9 Å². The maximum atomic E-state index is 12.1. The van der Waals surface area contributed by atoms with Gasteiger partial charge in [0, 0.05) is 11.4 Å². The molecular formula is C16H13N5O4. The molecule has 0 spiro atoms. The number of nitrogens with one attached hydrogen (secondary N) is 3. The third-order valence-electron chi connectivity index (χ3n) is 3.37. The fraction of sp³-hybridized carbons (Fsp3) is 0.0625. The van der Waals surface area contributed by atoms with Crippen molar-refractivity contribution in [1.29, 1.82) is 0 Å². The summed E-state index contributed by atoms with van der Waals surface area (Å²) in [6.45, 7) is 0. The molecule has 0 unspecified atom stereocenters. The number of benzene rings is 2. The predicted molar refractivity (Wildman–Crippen MR) is 90.6 cm³/mol. The lowest BCUT2D eigenvalue weighted by molar-refractivity contribution is 0.0601. The van der Waals surface area contributed by atoms with Gasteiger partial charge in [0.25, 0.3) is 5.56 Å². The van der Waals surface area contributed by atoms with E-state index in [2.05, 4.69) is 30.8 Å². The Labute approximate surface area is 141 Å². The van der Waals surface area contributed by atoms with E-state index in [1.165, 1.54) is 25.3 Å². The van der Waals surface area contributed by atoms with Crippen molar-refractivity contribution in [3.05, 3.63) is 58.4 Å². The van der Waals surface area contributed by atoms with Crippen molar-refractivity contribution >= 4 is 34.3 Å². The lowest BCUT2D eigenvalue weighted by Gasteiger charge is -2.08. The van der Waals surface area contributed by atoms with E-state index in [1.54, 1.807) is 24.3 Å². The molecule has 0 aliphatic rings. The minimum absolute atomic E-state index is 0.315. The van der Waals surface area contributed by atoms with Gasteiger partial charge in [-0.25, -0.2) is 14.7 Å². The molecule has 3 N–H and O–H groups in total. The Hall–Kier alpha value is -3.75. The average molecular weight is 339 g/mol. The average Bonchev–Trinajstić information content (AvgIpc) is 2.62. The molecule has 3 aromatic rings. The van der Waals surface area contributed by atoms with Gasteiger partial charge in [0.15, 0.2) is 0 Å². The predicted octanol–water partition coefficient (Wildman–Crippen LogP) is 1.75. The number of ether oxygens (including phenoxy) is 1. The standard InChI is InChI=1S/C16H13N5O4/c1-25-15(23)9-2-4-10(5-3-9)17-16(24)18-11-6-7-13-12(8-11)14(22)20-21-19-13/h2-8H,1H3,(H2,17,18,24)(H,19,20,22). The summed E-state index contributed by atoms with van der Waals surface area (Å²) >= 11 is 0. The zero-order valence-corrected chi connectivity index (χ0v) is 13.1. The zero-order valence-electron chi connectivity index (χ0n) is 13.1. The van der Waals surface area contributed by atoms with Crippen molar-refractivity contribution in [2.45, 2.75) is 0 Å².